The average Bonchev–Trinajstić information content (AvgIpc) is 3.15. The van der Waals surface area contributed by atoms with Crippen molar-refractivity contribution in [2.24, 2.45) is 4.99 Å². The van der Waals surface area contributed by atoms with E-state index in [9.17, 15) is 0 Å². The van der Waals surface area contributed by atoms with Crippen molar-refractivity contribution >= 4 is 47.3 Å². The third kappa shape index (κ3) is 4.56. The lowest BCUT2D eigenvalue weighted by Crippen LogP contribution is -2.43. The smallest absolute Gasteiger partial charge is 0.191 e. The summed E-state index contributed by atoms with van der Waals surface area (Å²) >= 11 is 2.06. The first-order chi connectivity index (χ1) is 11.1. The molecule has 1 unspecified atom stereocenters. The Balaban J connectivity index is 0.00000208. The summed E-state index contributed by atoms with van der Waals surface area (Å²) in [5.74, 6) is 2.11. The van der Waals surface area contributed by atoms with Crippen LogP contribution in [0.2, 0.25) is 0 Å². The number of aryl methyl sites for hydroxylation is 1. The molecule has 1 saturated heterocycles. The van der Waals surface area contributed by atoms with Gasteiger partial charge in [0.25, 0.3) is 0 Å². The summed E-state index contributed by atoms with van der Waals surface area (Å²) in [4.78, 5) is 8.96. The van der Waals surface area contributed by atoms with Gasteiger partial charge in [0.05, 0.1) is 12.2 Å². The van der Waals surface area contributed by atoms with Crippen molar-refractivity contribution in [3.63, 3.8) is 0 Å². The maximum absolute atomic E-state index is 4.64. The number of nitrogens with one attached hydrogen (secondary N) is 2. The Morgan fingerprint density at radius 1 is 1.42 bits per heavy atom. The first kappa shape index (κ1) is 19.4. The molecule has 0 bridgehead atoms. The average molecular weight is 459 g/mol. The van der Waals surface area contributed by atoms with E-state index in [1.54, 1.807) is 0 Å². The predicted molar refractivity (Wildman–Crippen MR) is 114 cm³/mol. The molecule has 7 heteroatoms. The molecule has 132 valence electrons. The second kappa shape index (κ2) is 8.42. The first-order valence-corrected chi connectivity index (χ1v) is 9.10. The van der Waals surface area contributed by atoms with Gasteiger partial charge in [-0.05, 0) is 44.6 Å². The van der Waals surface area contributed by atoms with Crippen LogP contribution < -0.4 is 10.6 Å². The number of hydrogen-bond acceptors (Lipinski definition) is 3. The van der Waals surface area contributed by atoms with Crippen LogP contribution in [0.5, 0.6) is 0 Å². The number of nitrogens with zero attached hydrogens (tertiary/aromatic N) is 3. The number of imidazole rings is 1. The molecular weight excluding hydrogens is 433 g/mol. The summed E-state index contributed by atoms with van der Waals surface area (Å²) in [6.45, 7) is 6.04. The number of aromatic nitrogens is 2. The van der Waals surface area contributed by atoms with Gasteiger partial charge in [0.15, 0.2) is 5.96 Å². The van der Waals surface area contributed by atoms with Gasteiger partial charge in [0.1, 0.15) is 5.65 Å². The number of guanidine groups is 1. The van der Waals surface area contributed by atoms with Crippen molar-refractivity contribution in [3.8, 4) is 0 Å². The highest BCUT2D eigenvalue weighted by Crippen LogP contribution is 2.36. The molecule has 2 aromatic rings. The molecule has 3 rings (SSSR count). The van der Waals surface area contributed by atoms with E-state index in [1.165, 1.54) is 24.3 Å². The van der Waals surface area contributed by atoms with Crippen molar-refractivity contribution in [1.29, 1.82) is 0 Å². The molecule has 0 spiro atoms. The number of pyridine rings is 1. The minimum Gasteiger partial charge on any atom is -0.355 e. The van der Waals surface area contributed by atoms with Gasteiger partial charge in [-0.25, -0.2) is 4.98 Å². The van der Waals surface area contributed by atoms with E-state index in [2.05, 4.69) is 62.9 Å². The van der Waals surface area contributed by atoms with Crippen molar-refractivity contribution in [2.75, 3.05) is 19.3 Å². The molecule has 0 aliphatic carbocycles. The van der Waals surface area contributed by atoms with E-state index in [-0.39, 0.29) is 24.0 Å². The lowest BCUT2D eigenvalue weighted by Gasteiger charge is -2.24. The van der Waals surface area contributed by atoms with Crippen LogP contribution >= 0.6 is 35.7 Å². The zero-order chi connectivity index (χ0) is 16.3. The van der Waals surface area contributed by atoms with Crippen molar-refractivity contribution in [3.05, 3.63) is 35.8 Å². The highest BCUT2D eigenvalue weighted by molar-refractivity contribution is 14.0. The van der Waals surface area contributed by atoms with E-state index in [4.69, 9.17) is 0 Å². The molecular formula is C17H26IN5S. The molecule has 0 aromatic carbocycles. The van der Waals surface area contributed by atoms with Gasteiger partial charge < -0.3 is 15.0 Å². The van der Waals surface area contributed by atoms with Crippen molar-refractivity contribution in [2.45, 2.75) is 38.0 Å². The summed E-state index contributed by atoms with van der Waals surface area (Å²) < 4.78 is 2.45. The quantitative estimate of drug-likeness (QED) is 0.419. The molecule has 2 aromatic heterocycles. The predicted octanol–water partition coefficient (Wildman–Crippen LogP) is 3.21. The van der Waals surface area contributed by atoms with Crippen molar-refractivity contribution < 1.29 is 0 Å². The van der Waals surface area contributed by atoms with E-state index in [0.29, 0.717) is 11.3 Å². The molecule has 1 aliphatic rings. The summed E-state index contributed by atoms with van der Waals surface area (Å²) in [5, 5.41) is 6.81. The number of aliphatic imine (C=N–C) groups is 1. The summed E-state index contributed by atoms with van der Waals surface area (Å²) in [6.07, 6.45) is 4.67. The SMILES string of the molecule is CN=C(NCc1cn2c(C)cccc2n1)NCC1(C)CCCS1.I. The lowest BCUT2D eigenvalue weighted by molar-refractivity contribution is 0.584. The fraction of sp³-hybridized carbons (Fsp3) is 0.529. The molecule has 1 aliphatic heterocycles. The molecule has 0 radical (unpaired) electrons. The number of hydrogen-bond donors (Lipinski definition) is 2. The highest BCUT2D eigenvalue weighted by atomic mass is 127. The fourth-order valence-corrected chi connectivity index (χ4v) is 4.17. The van der Waals surface area contributed by atoms with Gasteiger partial charge in [-0.1, -0.05) is 6.07 Å². The molecule has 1 atom stereocenters. The maximum Gasteiger partial charge on any atom is 0.191 e. The third-order valence-corrected chi connectivity index (χ3v) is 5.87. The topological polar surface area (TPSA) is 53.7 Å². The summed E-state index contributed by atoms with van der Waals surface area (Å²) in [7, 11) is 1.81. The number of halogens is 1. The van der Waals surface area contributed by atoms with Crippen LogP contribution in [0.3, 0.4) is 0 Å². The van der Waals surface area contributed by atoms with Gasteiger partial charge >= 0.3 is 0 Å². The second-order valence-electron chi connectivity index (χ2n) is 6.31. The van der Waals surface area contributed by atoms with Gasteiger partial charge in [-0.3, -0.25) is 4.99 Å². The van der Waals surface area contributed by atoms with Crippen LogP contribution in [0.25, 0.3) is 5.65 Å². The van der Waals surface area contributed by atoms with Crippen LogP contribution in [-0.4, -0.2) is 39.4 Å². The van der Waals surface area contributed by atoms with Crippen LogP contribution in [0.4, 0.5) is 0 Å². The van der Waals surface area contributed by atoms with Gasteiger partial charge in [-0.15, -0.1) is 24.0 Å². The zero-order valence-electron chi connectivity index (χ0n) is 14.5. The van der Waals surface area contributed by atoms with Crippen LogP contribution in [0.15, 0.2) is 29.4 Å². The van der Waals surface area contributed by atoms with Gasteiger partial charge in [-0.2, -0.15) is 11.8 Å². The minimum absolute atomic E-state index is 0. The Labute approximate surface area is 165 Å². The van der Waals surface area contributed by atoms with E-state index >= 15 is 0 Å². The Morgan fingerprint density at radius 3 is 2.92 bits per heavy atom. The van der Waals surface area contributed by atoms with Gasteiger partial charge in [0.2, 0.25) is 0 Å². The first-order valence-electron chi connectivity index (χ1n) is 8.12. The molecule has 24 heavy (non-hydrogen) atoms. The van der Waals surface area contributed by atoms with Crippen LogP contribution in [0, 0.1) is 6.92 Å². The molecule has 2 N–H and O–H groups in total. The molecule has 0 amide bonds. The zero-order valence-corrected chi connectivity index (χ0v) is 17.6. The molecule has 1 fully saturated rings. The Kier molecular flexibility index (Phi) is 6.79. The largest absolute Gasteiger partial charge is 0.355 e. The van der Waals surface area contributed by atoms with Gasteiger partial charge in [0, 0.05) is 30.2 Å². The maximum atomic E-state index is 4.64. The van der Waals surface area contributed by atoms with Crippen LogP contribution in [0.1, 0.15) is 31.2 Å². The molecule has 3 heterocycles. The van der Waals surface area contributed by atoms with E-state index in [1.807, 2.05) is 19.2 Å². The van der Waals surface area contributed by atoms with Crippen molar-refractivity contribution in [1.82, 2.24) is 20.0 Å². The Hall–Kier alpha value is -0.960. The fourth-order valence-electron chi connectivity index (χ4n) is 2.93. The summed E-state index contributed by atoms with van der Waals surface area (Å²) in [6, 6.07) is 6.16. The number of thioether (sulfide) groups is 1. The number of rotatable bonds is 4. The third-order valence-electron chi connectivity index (χ3n) is 4.34. The Morgan fingerprint density at radius 2 is 2.25 bits per heavy atom. The highest BCUT2D eigenvalue weighted by Gasteiger charge is 2.29. The lowest BCUT2D eigenvalue weighted by atomic mass is 10.1. The number of fused-ring (bicyclic) bond motifs is 1. The van der Waals surface area contributed by atoms with E-state index in [0.717, 1.165) is 23.8 Å². The standard InChI is InChI=1S/C17H25N5S.HI/c1-13-6-4-7-15-21-14(11-22(13)15)10-19-16(18-3)20-12-17(2)8-5-9-23-17;/h4,6-7,11H,5,8-10,12H2,1-3H3,(H2,18,19,20);1H. The van der Waals surface area contributed by atoms with E-state index < -0.39 is 0 Å². The molecule has 5 nitrogen and oxygen atoms in total. The second-order valence-corrected chi connectivity index (χ2v) is 7.99. The minimum atomic E-state index is 0. The van der Waals surface area contributed by atoms with Crippen LogP contribution in [-0.2, 0) is 6.54 Å². The Bertz CT molecular complexity index is 706. The monoisotopic (exact) mass is 459 g/mol. The summed E-state index contributed by atoms with van der Waals surface area (Å²) in [5.41, 5.74) is 3.19. The molecule has 0 saturated carbocycles. The normalized spacial score (nSPS) is 20.9.